The molecule has 1 aliphatic rings. The molecule has 172 valence electrons. The summed E-state index contributed by atoms with van der Waals surface area (Å²) in [5, 5.41) is 9.36. The second kappa shape index (κ2) is 8.66. The van der Waals surface area contributed by atoms with Gasteiger partial charge < -0.3 is 9.47 Å². The molecule has 0 bridgehead atoms. The van der Waals surface area contributed by atoms with Gasteiger partial charge in [0.15, 0.2) is 11.6 Å². The molecule has 1 amide bonds. The predicted octanol–water partition coefficient (Wildman–Crippen LogP) is 3.17. The van der Waals surface area contributed by atoms with Crippen LogP contribution in [0.25, 0.3) is 28.1 Å². The van der Waals surface area contributed by atoms with Crippen molar-refractivity contribution in [3.05, 3.63) is 65.3 Å². The first-order valence-corrected chi connectivity index (χ1v) is 11.2. The van der Waals surface area contributed by atoms with Crippen LogP contribution >= 0.6 is 0 Å². The number of ketones is 1. The van der Waals surface area contributed by atoms with Crippen LogP contribution in [0.4, 0.5) is 5.69 Å². The highest BCUT2D eigenvalue weighted by molar-refractivity contribution is 5.94. The van der Waals surface area contributed by atoms with Crippen LogP contribution in [-0.2, 0) is 9.59 Å². The number of amides is 1. The number of anilines is 1. The summed E-state index contributed by atoms with van der Waals surface area (Å²) >= 11 is 0. The average molecular weight is 457 g/mol. The van der Waals surface area contributed by atoms with E-state index in [4.69, 9.17) is 0 Å². The second-order valence-corrected chi connectivity index (χ2v) is 8.77. The maximum absolute atomic E-state index is 13.4. The molecule has 3 heterocycles. The smallest absolute Gasteiger partial charge is 0.264 e. The maximum Gasteiger partial charge on any atom is 0.264 e. The Morgan fingerprint density at radius 1 is 1.21 bits per heavy atom. The molecule has 0 unspecified atom stereocenters. The molecule has 3 aromatic heterocycles. The molecule has 1 saturated carbocycles. The molecule has 0 aliphatic heterocycles. The van der Waals surface area contributed by atoms with E-state index in [1.165, 1.54) is 9.47 Å². The molecule has 34 heavy (non-hydrogen) atoms. The molecule has 1 aliphatic carbocycles. The van der Waals surface area contributed by atoms with Gasteiger partial charge in [-0.25, -0.2) is 4.98 Å². The Kier molecular flexibility index (Phi) is 5.53. The highest BCUT2D eigenvalue weighted by atomic mass is 16.1. The summed E-state index contributed by atoms with van der Waals surface area (Å²) in [6.07, 6.45) is 5.74. The number of hydrogen-bond donors (Lipinski definition) is 0. The molecule has 9 heteroatoms. The maximum atomic E-state index is 13.4. The Balaban J connectivity index is 1.54. The molecule has 0 radical (unpaired) electrons. The summed E-state index contributed by atoms with van der Waals surface area (Å²) in [4.78, 5) is 43.4. The van der Waals surface area contributed by atoms with Crippen molar-refractivity contribution in [1.29, 1.82) is 0 Å². The number of nitrogens with zero attached hydrogens (tertiary/aromatic N) is 6. The quantitative estimate of drug-likeness (QED) is 0.377. The highest BCUT2D eigenvalue weighted by Gasteiger charge is 2.30. The Hall–Kier alpha value is -4.14. The van der Waals surface area contributed by atoms with E-state index in [0.717, 1.165) is 18.2 Å². The number of aromatic nitrogens is 5. The van der Waals surface area contributed by atoms with Gasteiger partial charge in [-0.05, 0) is 62.4 Å². The van der Waals surface area contributed by atoms with Gasteiger partial charge in [0.2, 0.25) is 6.41 Å². The normalized spacial score (nSPS) is 13.4. The highest BCUT2D eigenvalue weighted by Crippen LogP contribution is 2.30. The third-order valence-corrected chi connectivity index (χ3v) is 6.05. The molecular formula is C25H24N6O3. The van der Waals surface area contributed by atoms with Crippen molar-refractivity contribution in [2.75, 3.05) is 11.4 Å². The van der Waals surface area contributed by atoms with Gasteiger partial charge in [-0.15, -0.1) is 10.2 Å². The molecule has 0 atom stereocenters. The van der Waals surface area contributed by atoms with Crippen molar-refractivity contribution in [3.8, 4) is 17.3 Å². The lowest BCUT2D eigenvalue weighted by molar-refractivity contribution is -0.120. The van der Waals surface area contributed by atoms with Crippen molar-refractivity contribution < 1.29 is 9.59 Å². The fourth-order valence-corrected chi connectivity index (χ4v) is 3.96. The number of carbonyl (C=O) groups excluding carboxylic acids is 2. The number of Topliss-reactive ketones (excluding diaryl/α,β-unsaturated/α-hetero) is 1. The minimum Gasteiger partial charge on any atom is -0.310 e. The minimum absolute atomic E-state index is 0.0147. The van der Waals surface area contributed by atoms with E-state index in [-0.39, 0.29) is 29.8 Å². The summed E-state index contributed by atoms with van der Waals surface area (Å²) in [7, 11) is 0. The van der Waals surface area contributed by atoms with Gasteiger partial charge in [0.25, 0.3) is 5.56 Å². The van der Waals surface area contributed by atoms with E-state index in [1.807, 2.05) is 36.6 Å². The first-order valence-electron chi connectivity index (χ1n) is 11.2. The van der Waals surface area contributed by atoms with Crippen LogP contribution in [0, 0.1) is 5.92 Å². The Morgan fingerprint density at radius 3 is 2.76 bits per heavy atom. The summed E-state index contributed by atoms with van der Waals surface area (Å²) in [5.41, 5.74) is 0.849. The SMILES string of the molecule is CC(C)n1cnnc1-c1cccc(-n2ccc3ccc(N(C=O)CC(=O)C4CC4)cc3c2=O)n1. The fourth-order valence-electron chi connectivity index (χ4n) is 3.96. The van der Waals surface area contributed by atoms with Gasteiger partial charge >= 0.3 is 0 Å². The summed E-state index contributed by atoms with van der Waals surface area (Å²) in [5.74, 6) is 1.17. The van der Waals surface area contributed by atoms with Crippen LogP contribution in [0.2, 0.25) is 0 Å². The van der Waals surface area contributed by atoms with Crippen molar-refractivity contribution >= 4 is 28.7 Å². The molecule has 9 nitrogen and oxygen atoms in total. The molecule has 1 fully saturated rings. The lowest BCUT2D eigenvalue weighted by Gasteiger charge is -2.17. The second-order valence-electron chi connectivity index (χ2n) is 8.77. The average Bonchev–Trinajstić information content (AvgIpc) is 3.58. The molecule has 1 aromatic carbocycles. The molecule has 5 rings (SSSR count). The standard InChI is InChI=1S/C25H24N6O3/c1-16(2)31-14-26-28-24(31)21-4-3-5-23(27-21)30-11-10-17-8-9-19(12-20(17)25(30)34)29(15-32)13-22(33)18-6-7-18/h3-5,8-12,14-16,18H,6-7,13H2,1-2H3. The van der Waals surface area contributed by atoms with E-state index < -0.39 is 0 Å². The van der Waals surface area contributed by atoms with E-state index in [1.54, 1.807) is 36.8 Å². The van der Waals surface area contributed by atoms with Crippen molar-refractivity contribution in [2.24, 2.45) is 5.92 Å². The number of carbonyl (C=O) groups is 2. The molecule has 4 aromatic rings. The minimum atomic E-state index is -0.270. The van der Waals surface area contributed by atoms with Gasteiger partial charge in [-0.2, -0.15) is 0 Å². The topological polar surface area (TPSA) is 103 Å². The van der Waals surface area contributed by atoms with Crippen LogP contribution in [0.1, 0.15) is 32.7 Å². The lowest BCUT2D eigenvalue weighted by Crippen LogP contribution is -2.29. The number of hydrogen-bond acceptors (Lipinski definition) is 6. The number of pyridine rings is 2. The Labute approximate surface area is 195 Å². The third kappa shape index (κ3) is 4.00. The van der Waals surface area contributed by atoms with Gasteiger partial charge in [-0.1, -0.05) is 12.1 Å². The predicted molar refractivity (Wildman–Crippen MR) is 128 cm³/mol. The summed E-state index contributed by atoms with van der Waals surface area (Å²) in [6, 6.07) is 12.6. The Bertz CT molecular complexity index is 1450. The van der Waals surface area contributed by atoms with E-state index in [0.29, 0.717) is 34.8 Å². The number of rotatable bonds is 8. The zero-order valence-electron chi connectivity index (χ0n) is 19.0. The Morgan fingerprint density at radius 2 is 2.03 bits per heavy atom. The van der Waals surface area contributed by atoms with Crippen molar-refractivity contribution in [3.63, 3.8) is 0 Å². The van der Waals surface area contributed by atoms with Crippen molar-refractivity contribution in [1.82, 2.24) is 24.3 Å². The van der Waals surface area contributed by atoms with Gasteiger partial charge in [0, 0.05) is 29.2 Å². The molecular weight excluding hydrogens is 432 g/mol. The monoisotopic (exact) mass is 456 g/mol. The molecule has 0 saturated heterocycles. The van der Waals surface area contributed by atoms with Crippen LogP contribution in [0.3, 0.4) is 0 Å². The first kappa shape index (κ1) is 21.7. The first-order chi connectivity index (χ1) is 16.5. The van der Waals surface area contributed by atoms with E-state index >= 15 is 0 Å². The zero-order valence-corrected chi connectivity index (χ0v) is 19.0. The number of benzene rings is 1. The molecule has 0 N–H and O–H groups in total. The summed E-state index contributed by atoms with van der Waals surface area (Å²) in [6.45, 7) is 4.08. The largest absolute Gasteiger partial charge is 0.310 e. The van der Waals surface area contributed by atoms with Crippen LogP contribution in [0.15, 0.2) is 59.8 Å². The van der Waals surface area contributed by atoms with Gasteiger partial charge in [0.05, 0.1) is 6.54 Å². The number of fused-ring (bicyclic) bond motifs is 1. The third-order valence-electron chi connectivity index (χ3n) is 6.05. The van der Waals surface area contributed by atoms with E-state index in [2.05, 4.69) is 15.2 Å². The van der Waals surface area contributed by atoms with Gasteiger partial charge in [0.1, 0.15) is 17.8 Å². The van der Waals surface area contributed by atoms with Crippen LogP contribution in [0.5, 0.6) is 0 Å². The zero-order chi connectivity index (χ0) is 23.8. The van der Waals surface area contributed by atoms with Gasteiger partial charge in [-0.3, -0.25) is 19.0 Å². The summed E-state index contributed by atoms with van der Waals surface area (Å²) < 4.78 is 3.38. The van der Waals surface area contributed by atoms with E-state index in [9.17, 15) is 14.4 Å². The van der Waals surface area contributed by atoms with Crippen LogP contribution < -0.4 is 10.5 Å². The molecule has 0 spiro atoms. The van der Waals surface area contributed by atoms with Crippen LogP contribution in [-0.4, -0.2) is 43.1 Å². The lowest BCUT2D eigenvalue weighted by atomic mass is 10.1. The van der Waals surface area contributed by atoms with Crippen molar-refractivity contribution in [2.45, 2.75) is 32.7 Å². The fraction of sp³-hybridized carbons (Fsp3) is 0.280.